The lowest BCUT2D eigenvalue weighted by Gasteiger charge is -2.10. The fourth-order valence-corrected chi connectivity index (χ4v) is 1.83. The van der Waals surface area contributed by atoms with E-state index in [0.717, 1.165) is 12.0 Å². The minimum absolute atomic E-state index is 0.315. The molecule has 0 aliphatic rings. The number of hydrazone groups is 1. The first-order chi connectivity index (χ1) is 11.2. The van der Waals surface area contributed by atoms with Gasteiger partial charge in [0.05, 0.1) is 25.5 Å². The summed E-state index contributed by atoms with van der Waals surface area (Å²) in [6.45, 7) is 2.64. The number of hydrogen-bond acceptors (Lipinski definition) is 5. The van der Waals surface area contributed by atoms with Gasteiger partial charge in [-0.25, -0.2) is 5.43 Å². The Labute approximate surface area is 135 Å². The molecule has 120 valence electrons. The van der Waals surface area contributed by atoms with Gasteiger partial charge in [-0.1, -0.05) is 6.92 Å². The van der Waals surface area contributed by atoms with E-state index in [4.69, 9.17) is 9.47 Å². The number of hydrogen-bond donors (Lipinski definition) is 1. The summed E-state index contributed by atoms with van der Waals surface area (Å²) in [6.07, 6.45) is 5.54. The summed E-state index contributed by atoms with van der Waals surface area (Å²) in [5.74, 6) is 0.997. The predicted molar refractivity (Wildman–Crippen MR) is 88.1 cm³/mol. The van der Waals surface area contributed by atoms with Crippen LogP contribution in [0.2, 0.25) is 0 Å². The van der Waals surface area contributed by atoms with E-state index in [1.165, 1.54) is 6.20 Å². The molecular formula is C17H19N3O3. The van der Waals surface area contributed by atoms with Crippen LogP contribution in [0.25, 0.3) is 0 Å². The molecule has 0 spiro atoms. The standard InChI is InChI=1S/C17H19N3O3/c1-3-9-23-16-10-13(6-7-15(16)22-2)11-19-20-17(21)14-5-4-8-18-12-14/h4-8,10-12H,3,9H2,1-2H3,(H,20,21)/b19-11-. The third-order valence-corrected chi connectivity index (χ3v) is 2.95. The van der Waals surface area contributed by atoms with E-state index >= 15 is 0 Å². The highest BCUT2D eigenvalue weighted by Gasteiger charge is 2.05. The number of amides is 1. The number of methoxy groups -OCH3 is 1. The van der Waals surface area contributed by atoms with Crippen molar-refractivity contribution in [2.45, 2.75) is 13.3 Å². The molecule has 2 rings (SSSR count). The molecule has 1 N–H and O–H groups in total. The van der Waals surface area contributed by atoms with Crippen molar-refractivity contribution in [1.29, 1.82) is 0 Å². The fraction of sp³-hybridized carbons (Fsp3) is 0.235. The molecule has 1 aromatic heterocycles. The van der Waals surface area contributed by atoms with Crippen LogP contribution in [-0.2, 0) is 0 Å². The number of nitrogens with one attached hydrogen (secondary N) is 1. The maximum absolute atomic E-state index is 11.8. The average molecular weight is 313 g/mol. The first-order valence-electron chi connectivity index (χ1n) is 7.29. The number of rotatable bonds is 7. The SMILES string of the molecule is CCCOc1cc(/C=N\NC(=O)c2cccnc2)ccc1OC. The lowest BCUT2D eigenvalue weighted by molar-refractivity contribution is 0.0955. The van der Waals surface area contributed by atoms with Gasteiger partial charge < -0.3 is 9.47 Å². The summed E-state index contributed by atoms with van der Waals surface area (Å²) in [5, 5.41) is 3.95. The molecule has 6 heteroatoms. The van der Waals surface area contributed by atoms with Gasteiger partial charge in [0.2, 0.25) is 0 Å². The molecule has 1 heterocycles. The number of aromatic nitrogens is 1. The van der Waals surface area contributed by atoms with Crippen molar-refractivity contribution in [1.82, 2.24) is 10.4 Å². The lowest BCUT2D eigenvalue weighted by Crippen LogP contribution is -2.17. The number of nitrogens with zero attached hydrogens (tertiary/aromatic N) is 2. The molecule has 0 aliphatic heterocycles. The Morgan fingerprint density at radius 1 is 1.35 bits per heavy atom. The summed E-state index contributed by atoms with van der Waals surface area (Å²) in [7, 11) is 1.59. The molecule has 0 bridgehead atoms. The second-order valence-corrected chi connectivity index (χ2v) is 4.70. The second-order valence-electron chi connectivity index (χ2n) is 4.70. The molecule has 0 atom stereocenters. The highest BCUT2D eigenvalue weighted by atomic mass is 16.5. The molecule has 0 unspecified atom stereocenters. The summed E-state index contributed by atoms with van der Waals surface area (Å²) in [5.41, 5.74) is 3.70. The van der Waals surface area contributed by atoms with Crippen molar-refractivity contribution in [3.05, 3.63) is 53.9 Å². The molecule has 0 saturated carbocycles. The van der Waals surface area contributed by atoms with E-state index in [0.29, 0.717) is 23.7 Å². The van der Waals surface area contributed by atoms with Crippen LogP contribution in [0.3, 0.4) is 0 Å². The van der Waals surface area contributed by atoms with E-state index < -0.39 is 0 Å². The van der Waals surface area contributed by atoms with Gasteiger partial charge in [-0.2, -0.15) is 5.10 Å². The van der Waals surface area contributed by atoms with Crippen molar-refractivity contribution in [2.75, 3.05) is 13.7 Å². The Morgan fingerprint density at radius 2 is 2.22 bits per heavy atom. The van der Waals surface area contributed by atoms with E-state index in [-0.39, 0.29) is 5.91 Å². The van der Waals surface area contributed by atoms with Gasteiger partial charge in [0.25, 0.3) is 5.91 Å². The fourth-order valence-electron chi connectivity index (χ4n) is 1.83. The van der Waals surface area contributed by atoms with Crippen LogP contribution in [-0.4, -0.2) is 30.8 Å². The summed E-state index contributed by atoms with van der Waals surface area (Å²) < 4.78 is 10.9. The highest BCUT2D eigenvalue weighted by molar-refractivity contribution is 5.94. The maximum atomic E-state index is 11.8. The topological polar surface area (TPSA) is 72.8 Å². The van der Waals surface area contributed by atoms with Gasteiger partial charge in [-0.05, 0) is 42.3 Å². The van der Waals surface area contributed by atoms with E-state index in [1.807, 2.05) is 19.1 Å². The van der Waals surface area contributed by atoms with Crippen LogP contribution in [0.5, 0.6) is 11.5 Å². The van der Waals surface area contributed by atoms with Crippen molar-refractivity contribution in [3.63, 3.8) is 0 Å². The van der Waals surface area contributed by atoms with Gasteiger partial charge in [-0.15, -0.1) is 0 Å². The average Bonchev–Trinajstić information content (AvgIpc) is 2.60. The van der Waals surface area contributed by atoms with Gasteiger partial charge in [-0.3, -0.25) is 9.78 Å². The monoisotopic (exact) mass is 313 g/mol. The summed E-state index contributed by atoms with van der Waals surface area (Å²) in [4.78, 5) is 15.7. The van der Waals surface area contributed by atoms with Crippen molar-refractivity contribution < 1.29 is 14.3 Å². The Balaban J connectivity index is 2.03. The Kier molecular flexibility index (Phi) is 6.11. The number of benzene rings is 1. The van der Waals surface area contributed by atoms with Crippen LogP contribution < -0.4 is 14.9 Å². The first kappa shape index (κ1) is 16.5. The number of ether oxygens (including phenoxy) is 2. The van der Waals surface area contributed by atoms with Crippen LogP contribution in [0.15, 0.2) is 47.8 Å². The third kappa shape index (κ3) is 4.81. The Hall–Kier alpha value is -2.89. The molecular weight excluding hydrogens is 294 g/mol. The molecule has 1 aromatic carbocycles. The quantitative estimate of drug-likeness (QED) is 0.630. The van der Waals surface area contributed by atoms with Crippen LogP contribution in [0.4, 0.5) is 0 Å². The number of pyridine rings is 1. The molecule has 0 aliphatic carbocycles. The summed E-state index contributed by atoms with van der Waals surface area (Å²) >= 11 is 0. The van der Waals surface area contributed by atoms with Crippen molar-refractivity contribution in [2.24, 2.45) is 5.10 Å². The molecule has 0 fully saturated rings. The van der Waals surface area contributed by atoms with E-state index in [2.05, 4.69) is 15.5 Å². The van der Waals surface area contributed by atoms with E-state index in [1.54, 1.807) is 37.7 Å². The van der Waals surface area contributed by atoms with Crippen molar-refractivity contribution in [3.8, 4) is 11.5 Å². The maximum Gasteiger partial charge on any atom is 0.272 e. The Morgan fingerprint density at radius 3 is 2.91 bits per heavy atom. The van der Waals surface area contributed by atoms with Crippen LogP contribution >= 0.6 is 0 Å². The second kappa shape index (κ2) is 8.53. The number of carbonyl (C=O) groups is 1. The van der Waals surface area contributed by atoms with Gasteiger partial charge in [0.15, 0.2) is 11.5 Å². The highest BCUT2D eigenvalue weighted by Crippen LogP contribution is 2.27. The lowest BCUT2D eigenvalue weighted by atomic mass is 10.2. The minimum Gasteiger partial charge on any atom is -0.493 e. The van der Waals surface area contributed by atoms with Crippen LogP contribution in [0.1, 0.15) is 29.3 Å². The largest absolute Gasteiger partial charge is 0.493 e. The van der Waals surface area contributed by atoms with Gasteiger partial charge in [0.1, 0.15) is 0 Å². The summed E-state index contributed by atoms with van der Waals surface area (Å²) in [6, 6.07) is 8.81. The zero-order chi connectivity index (χ0) is 16.5. The molecule has 0 radical (unpaired) electrons. The molecule has 6 nitrogen and oxygen atoms in total. The smallest absolute Gasteiger partial charge is 0.272 e. The van der Waals surface area contributed by atoms with Crippen molar-refractivity contribution >= 4 is 12.1 Å². The van der Waals surface area contributed by atoms with Crippen LogP contribution in [0, 0.1) is 0 Å². The zero-order valence-corrected chi connectivity index (χ0v) is 13.2. The molecule has 23 heavy (non-hydrogen) atoms. The molecule has 0 saturated heterocycles. The minimum atomic E-state index is -0.315. The first-order valence-corrected chi connectivity index (χ1v) is 7.29. The normalized spacial score (nSPS) is 10.5. The third-order valence-electron chi connectivity index (χ3n) is 2.95. The Bertz CT molecular complexity index is 672. The zero-order valence-electron chi connectivity index (χ0n) is 13.2. The molecule has 1 amide bonds. The van der Waals surface area contributed by atoms with Gasteiger partial charge >= 0.3 is 0 Å². The number of carbonyl (C=O) groups excluding carboxylic acids is 1. The van der Waals surface area contributed by atoms with E-state index in [9.17, 15) is 4.79 Å². The predicted octanol–water partition coefficient (Wildman–Crippen LogP) is 2.64. The van der Waals surface area contributed by atoms with Gasteiger partial charge in [0, 0.05) is 12.4 Å². The molecule has 2 aromatic rings.